The van der Waals surface area contributed by atoms with Gasteiger partial charge in [0, 0.05) is 18.3 Å². The molecule has 0 saturated heterocycles. The molecule has 0 unspecified atom stereocenters. The fourth-order valence-corrected chi connectivity index (χ4v) is 2.41. The third-order valence-corrected chi connectivity index (χ3v) is 3.69. The van der Waals surface area contributed by atoms with Gasteiger partial charge in [0.25, 0.3) is 5.91 Å². The highest BCUT2D eigenvalue weighted by Crippen LogP contribution is 2.19. The highest BCUT2D eigenvalue weighted by atomic mass is 16.5. The Labute approximate surface area is 145 Å². The number of H-pyrrole nitrogens is 1. The Hall–Kier alpha value is -3.34. The second kappa shape index (κ2) is 7.97. The summed E-state index contributed by atoms with van der Waals surface area (Å²) in [6.45, 7) is 0.364. The lowest BCUT2D eigenvalue weighted by Gasteiger charge is -2.18. The second-order valence-electron chi connectivity index (χ2n) is 5.48. The molecule has 0 bridgehead atoms. The molecule has 126 valence electrons. The van der Waals surface area contributed by atoms with E-state index >= 15 is 0 Å². The number of nitrogens with one attached hydrogen (secondary N) is 2. The van der Waals surface area contributed by atoms with Gasteiger partial charge in [-0.15, -0.1) is 0 Å². The molecule has 3 rings (SSSR count). The number of hydrogen-bond donors (Lipinski definition) is 2. The van der Waals surface area contributed by atoms with E-state index in [0.29, 0.717) is 17.8 Å². The predicted octanol–water partition coefficient (Wildman–Crippen LogP) is 3.23. The highest BCUT2D eigenvalue weighted by molar-refractivity contribution is 5.91. The van der Waals surface area contributed by atoms with E-state index in [1.165, 1.54) is 0 Å². The first kappa shape index (κ1) is 16.5. The summed E-state index contributed by atoms with van der Waals surface area (Å²) in [6, 6.07) is 21.8. The molecule has 5 nitrogen and oxygen atoms in total. The number of amides is 1. The quantitative estimate of drug-likeness (QED) is 0.680. The van der Waals surface area contributed by atoms with Gasteiger partial charge in [0.2, 0.25) is 6.10 Å². The summed E-state index contributed by atoms with van der Waals surface area (Å²) in [4.78, 5) is 27.6. The van der Waals surface area contributed by atoms with Crippen LogP contribution in [0.25, 0.3) is 0 Å². The molecular weight excluding hydrogens is 316 g/mol. The van der Waals surface area contributed by atoms with Crippen molar-refractivity contribution >= 4 is 11.9 Å². The average molecular weight is 334 g/mol. The first-order chi connectivity index (χ1) is 12.2. The molecule has 1 heterocycles. The van der Waals surface area contributed by atoms with E-state index in [1.807, 2.05) is 36.4 Å². The molecule has 1 aromatic heterocycles. The zero-order chi connectivity index (χ0) is 17.5. The van der Waals surface area contributed by atoms with Gasteiger partial charge in [0.15, 0.2) is 0 Å². The van der Waals surface area contributed by atoms with Crippen LogP contribution in [0, 0.1) is 0 Å². The lowest BCUT2D eigenvalue weighted by molar-refractivity contribution is -0.130. The van der Waals surface area contributed by atoms with E-state index in [1.54, 1.807) is 42.6 Å². The van der Waals surface area contributed by atoms with Crippen molar-refractivity contribution in [3.63, 3.8) is 0 Å². The molecule has 0 aliphatic heterocycles. The van der Waals surface area contributed by atoms with Gasteiger partial charge in [0.05, 0.1) is 0 Å². The van der Waals surface area contributed by atoms with E-state index in [9.17, 15) is 9.59 Å². The molecule has 1 atom stereocenters. The van der Waals surface area contributed by atoms with E-state index in [-0.39, 0.29) is 5.91 Å². The van der Waals surface area contributed by atoms with Crippen molar-refractivity contribution in [3.8, 4) is 0 Å². The number of ether oxygens (including phenoxy) is 1. The topological polar surface area (TPSA) is 71.2 Å². The van der Waals surface area contributed by atoms with Gasteiger partial charge in [-0.25, -0.2) is 4.79 Å². The number of hydrogen-bond acceptors (Lipinski definition) is 3. The van der Waals surface area contributed by atoms with E-state index in [0.717, 1.165) is 5.56 Å². The minimum atomic E-state index is -1.01. The average Bonchev–Trinajstić information content (AvgIpc) is 3.20. The number of esters is 1. The third-order valence-electron chi connectivity index (χ3n) is 3.69. The van der Waals surface area contributed by atoms with Crippen LogP contribution in [-0.2, 0) is 16.1 Å². The number of carbonyl (C=O) groups excluding carboxylic acids is 2. The van der Waals surface area contributed by atoms with Gasteiger partial charge < -0.3 is 15.0 Å². The summed E-state index contributed by atoms with van der Waals surface area (Å²) < 4.78 is 5.45. The molecule has 0 saturated carbocycles. The Kier molecular flexibility index (Phi) is 5.26. The molecule has 0 radical (unpaired) electrons. The molecule has 2 N–H and O–H groups in total. The lowest BCUT2D eigenvalue weighted by Crippen LogP contribution is -2.32. The van der Waals surface area contributed by atoms with E-state index < -0.39 is 12.1 Å². The van der Waals surface area contributed by atoms with Crippen molar-refractivity contribution in [3.05, 3.63) is 95.8 Å². The molecule has 0 aliphatic carbocycles. The number of aromatic nitrogens is 1. The number of carbonyl (C=O) groups is 2. The van der Waals surface area contributed by atoms with Crippen molar-refractivity contribution in [2.45, 2.75) is 12.6 Å². The maximum Gasteiger partial charge on any atom is 0.355 e. The van der Waals surface area contributed by atoms with Crippen LogP contribution < -0.4 is 5.32 Å². The monoisotopic (exact) mass is 334 g/mol. The first-order valence-electron chi connectivity index (χ1n) is 7.95. The summed E-state index contributed by atoms with van der Waals surface area (Å²) >= 11 is 0. The molecule has 25 heavy (non-hydrogen) atoms. The molecule has 5 heteroatoms. The molecule has 2 aromatic carbocycles. The van der Waals surface area contributed by atoms with Crippen LogP contribution in [0.2, 0.25) is 0 Å². The second-order valence-corrected chi connectivity index (χ2v) is 5.48. The maximum absolute atomic E-state index is 12.6. The lowest BCUT2D eigenvalue weighted by atomic mass is 10.1. The van der Waals surface area contributed by atoms with Gasteiger partial charge in [-0.05, 0) is 17.7 Å². The third kappa shape index (κ3) is 4.35. The van der Waals surface area contributed by atoms with Crippen LogP contribution in [0.15, 0.2) is 79.0 Å². The van der Waals surface area contributed by atoms with Gasteiger partial charge >= 0.3 is 5.97 Å². The predicted molar refractivity (Wildman–Crippen MR) is 93.7 cm³/mol. The maximum atomic E-state index is 12.6. The largest absolute Gasteiger partial charge is 0.443 e. The smallest absolute Gasteiger partial charge is 0.355 e. The van der Waals surface area contributed by atoms with Crippen LogP contribution >= 0.6 is 0 Å². The fourth-order valence-electron chi connectivity index (χ4n) is 2.41. The first-order valence-corrected chi connectivity index (χ1v) is 7.95. The molecule has 3 aromatic rings. The van der Waals surface area contributed by atoms with E-state index in [2.05, 4.69) is 10.3 Å². The number of benzene rings is 2. The Balaban J connectivity index is 1.74. The van der Waals surface area contributed by atoms with Crippen molar-refractivity contribution in [1.82, 2.24) is 10.3 Å². The zero-order valence-electron chi connectivity index (χ0n) is 13.5. The molecule has 0 spiro atoms. The minimum absolute atomic E-state index is 0.303. The van der Waals surface area contributed by atoms with Crippen LogP contribution in [0.3, 0.4) is 0 Å². The van der Waals surface area contributed by atoms with Crippen molar-refractivity contribution in [1.29, 1.82) is 0 Å². The SMILES string of the molecule is O=C(O[C@H](C(=O)NCc1ccccc1)c1ccccc1)c1ccc[nH]1. The minimum Gasteiger partial charge on any atom is -0.443 e. The van der Waals surface area contributed by atoms with Gasteiger partial charge in [-0.1, -0.05) is 60.7 Å². The Morgan fingerprint density at radius 3 is 2.24 bits per heavy atom. The Morgan fingerprint density at radius 1 is 0.920 bits per heavy atom. The van der Waals surface area contributed by atoms with Crippen molar-refractivity contribution in [2.75, 3.05) is 0 Å². The zero-order valence-corrected chi connectivity index (χ0v) is 13.5. The van der Waals surface area contributed by atoms with Gasteiger partial charge in [0.1, 0.15) is 5.69 Å². The molecule has 0 fully saturated rings. The standard InChI is InChI=1S/C20H18N2O3/c23-19(22-14-15-8-3-1-4-9-15)18(16-10-5-2-6-11-16)25-20(24)17-12-7-13-21-17/h1-13,18,21H,14H2,(H,22,23)/t18-/m0/s1. The Morgan fingerprint density at radius 2 is 1.60 bits per heavy atom. The summed E-state index contributed by atoms with van der Waals surface area (Å²) in [6.07, 6.45) is 0.615. The summed E-state index contributed by atoms with van der Waals surface area (Å²) in [5.41, 5.74) is 1.89. The van der Waals surface area contributed by atoms with Crippen LogP contribution in [0.4, 0.5) is 0 Å². The fraction of sp³-hybridized carbons (Fsp3) is 0.100. The van der Waals surface area contributed by atoms with Crippen LogP contribution in [0.1, 0.15) is 27.7 Å². The Bertz CT molecular complexity index is 815. The van der Waals surface area contributed by atoms with Crippen LogP contribution in [0.5, 0.6) is 0 Å². The molecule has 1 amide bonds. The summed E-state index contributed by atoms with van der Waals surface area (Å²) in [5, 5.41) is 2.82. The van der Waals surface area contributed by atoms with Gasteiger partial charge in [-0.2, -0.15) is 0 Å². The van der Waals surface area contributed by atoms with Crippen molar-refractivity contribution in [2.24, 2.45) is 0 Å². The molecule has 0 aliphatic rings. The van der Waals surface area contributed by atoms with Crippen LogP contribution in [-0.4, -0.2) is 16.9 Å². The summed E-state index contributed by atoms with van der Waals surface area (Å²) in [7, 11) is 0. The normalized spacial score (nSPS) is 11.5. The van der Waals surface area contributed by atoms with E-state index in [4.69, 9.17) is 4.74 Å². The van der Waals surface area contributed by atoms with Gasteiger partial charge in [-0.3, -0.25) is 4.79 Å². The summed E-state index contributed by atoms with van der Waals surface area (Å²) in [5.74, 6) is -0.941. The molecular formula is C20H18N2O3. The number of rotatable bonds is 6. The van der Waals surface area contributed by atoms with Crippen molar-refractivity contribution < 1.29 is 14.3 Å². The highest BCUT2D eigenvalue weighted by Gasteiger charge is 2.25. The number of aromatic amines is 1.